The van der Waals surface area contributed by atoms with Crippen molar-refractivity contribution in [3.63, 3.8) is 0 Å². The van der Waals surface area contributed by atoms with Crippen LogP contribution < -0.4 is 4.90 Å². The van der Waals surface area contributed by atoms with Gasteiger partial charge in [-0.2, -0.15) is 0 Å². The molecule has 5 heteroatoms. The van der Waals surface area contributed by atoms with Gasteiger partial charge in [-0.3, -0.25) is 4.79 Å². The van der Waals surface area contributed by atoms with Gasteiger partial charge in [0.15, 0.2) is 0 Å². The molecule has 1 saturated heterocycles. The van der Waals surface area contributed by atoms with Crippen LogP contribution >= 0.6 is 0 Å². The van der Waals surface area contributed by atoms with E-state index in [9.17, 15) is 14.7 Å². The minimum Gasteiger partial charge on any atom is -0.507 e. The fourth-order valence-corrected chi connectivity index (χ4v) is 2.18. The summed E-state index contributed by atoms with van der Waals surface area (Å²) in [5.74, 6) is -1.93. The van der Waals surface area contributed by atoms with Crippen molar-refractivity contribution < 1.29 is 19.4 Å². The summed E-state index contributed by atoms with van der Waals surface area (Å²) in [5.41, 5.74) is 0.853. The number of hydrogen-bond acceptors (Lipinski definition) is 5. The van der Waals surface area contributed by atoms with E-state index in [1.165, 1.54) is 6.07 Å². The average molecular weight is 263 g/mol. The molecule has 0 aromatic heterocycles. The number of benzene rings is 1. The maximum absolute atomic E-state index is 11.9. The molecule has 1 aliphatic heterocycles. The second kappa shape index (κ2) is 5.73. The molecule has 1 aliphatic rings. The third kappa shape index (κ3) is 2.86. The first-order chi connectivity index (χ1) is 9.13. The van der Waals surface area contributed by atoms with E-state index in [1.807, 2.05) is 0 Å². The predicted octanol–water partition coefficient (Wildman–Crippen LogP) is 1.74. The zero-order valence-electron chi connectivity index (χ0n) is 10.9. The van der Waals surface area contributed by atoms with E-state index in [0.717, 1.165) is 31.6 Å². The van der Waals surface area contributed by atoms with Crippen LogP contribution in [0.5, 0.6) is 5.75 Å². The smallest absolute Gasteiger partial charge is 0.379 e. The zero-order chi connectivity index (χ0) is 13.8. The first-order valence-corrected chi connectivity index (χ1v) is 6.43. The van der Waals surface area contributed by atoms with Crippen LogP contribution in [0.15, 0.2) is 18.2 Å². The number of esters is 1. The molecular weight excluding hydrogens is 246 g/mol. The Labute approximate surface area is 111 Å². The van der Waals surface area contributed by atoms with Crippen molar-refractivity contribution in [3.8, 4) is 5.75 Å². The first-order valence-electron chi connectivity index (χ1n) is 6.43. The number of hydrogen-bond donors (Lipinski definition) is 1. The molecule has 0 amide bonds. The highest BCUT2D eigenvalue weighted by Gasteiger charge is 2.23. The lowest BCUT2D eigenvalue weighted by molar-refractivity contribution is -0.137. The van der Waals surface area contributed by atoms with Crippen LogP contribution in [-0.4, -0.2) is 36.6 Å². The predicted molar refractivity (Wildman–Crippen MR) is 70.5 cm³/mol. The zero-order valence-corrected chi connectivity index (χ0v) is 10.9. The SMILES string of the molecule is CCOC(=O)C(=O)c1cc(N2CCCC2)ccc1O. The van der Waals surface area contributed by atoms with Gasteiger partial charge in [0.2, 0.25) is 0 Å². The van der Waals surface area contributed by atoms with Gasteiger partial charge in [0, 0.05) is 18.8 Å². The third-order valence-electron chi connectivity index (χ3n) is 3.16. The maximum Gasteiger partial charge on any atom is 0.379 e. The summed E-state index contributed by atoms with van der Waals surface area (Å²) in [6.07, 6.45) is 2.23. The van der Waals surface area contributed by atoms with Crippen LogP contribution in [0.3, 0.4) is 0 Å². The van der Waals surface area contributed by atoms with Gasteiger partial charge in [0.1, 0.15) is 5.75 Å². The topological polar surface area (TPSA) is 66.8 Å². The van der Waals surface area contributed by atoms with Gasteiger partial charge >= 0.3 is 5.97 Å². The molecule has 5 nitrogen and oxygen atoms in total. The second-order valence-corrected chi connectivity index (χ2v) is 4.45. The number of ether oxygens (including phenoxy) is 1. The molecule has 1 N–H and O–H groups in total. The Morgan fingerprint density at radius 2 is 2.00 bits per heavy atom. The summed E-state index contributed by atoms with van der Waals surface area (Å²) in [6.45, 7) is 3.62. The number of phenols is 1. The van der Waals surface area contributed by atoms with Crippen molar-refractivity contribution in [3.05, 3.63) is 23.8 Å². The molecule has 0 bridgehead atoms. The number of carbonyl (C=O) groups excluding carboxylic acids is 2. The first kappa shape index (κ1) is 13.4. The molecule has 0 aliphatic carbocycles. The lowest BCUT2D eigenvalue weighted by atomic mass is 10.1. The molecular formula is C14H17NO4. The molecule has 1 heterocycles. The molecule has 2 rings (SSSR count). The summed E-state index contributed by atoms with van der Waals surface area (Å²) in [6, 6.07) is 4.75. The number of nitrogens with zero attached hydrogens (tertiary/aromatic N) is 1. The number of aromatic hydroxyl groups is 1. The van der Waals surface area contributed by atoms with Crippen LogP contribution in [0.4, 0.5) is 5.69 Å². The third-order valence-corrected chi connectivity index (χ3v) is 3.16. The van der Waals surface area contributed by atoms with Crippen LogP contribution in [0.2, 0.25) is 0 Å². The van der Waals surface area contributed by atoms with E-state index in [0.29, 0.717) is 0 Å². The normalized spacial score (nSPS) is 14.5. The van der Waals surface area contributed by atoms with Crippen LogP contribution in [0.1, 0.15) is 30.1 Å². The van der Waals surface area contributed by atoms with Crippen molar-refractivity contribution >= 4 is 17.4 Å². The molecule has 0 unspecified atom stereocenters. The van der Waals surface area contributed by atoms with E-state index < -0.39 is 11.8 Å². The molecule has 0 radical (unpaired) electrons. The van der Waals surface area contributed by atoms with Crippen LogP contribution in [0.25, 0.3) is 0 Å². The van der Waals surface area contributed by atoms with Gasteiger partial charge in [-0.15, -0.1) is 0 Å². The highest BCUT2D eigenvalue weighted by Crippen LogP contribution is 2.27. The Bertz CT molecular complexity index is 492. The van der Waals surface area contributed by atoms with Gasteiger partial charge in [-0.05, 0) is 38.0 Å². The number of ketones is 1. The summed E-state index contributed by atoms with van der Waals surface area (Å²) in [5, 5.41) is 9.72. The van der Waals surface area contributed by atoms with Crippen molar-refractivity contribution in [1.82, 2.24) is 0 Å². The van der Waals surface area contributed by atoms with Crippen molar-refractivity contribution in [2.24, 2.45) is 0 Å². The van der Waals surface area contributed by atoms with E-state index >= 15 is 0 Å². The molecule has 0 atom stereocenters. The van der Waals surface area contributed by atoms with Crippen LogP contribution in [0, 0.1) is 0 Å². The molecule has 0 spiro atoms. The van der Waals surface area contributed by atoms with Crippen molar-refractivity contribution in [2.75, 3.05) is 24.6 Å². The minimum atomic E-state index is -0.934. The summed E-state index contributed by atoms with van der Waals surface area (Å²) >= 11 is 0. The number of carbonyl (C=O) groups is 2. The molecule has 1 aromatic rings. The average Bonchev–Trinajstić information content (AvgIpc) is 2.93. The fraction of sp³-hybridized carbons (Fsp3) is 0.429. The van der Waals surface area contributed by atoms with Gasteiger partial charge in [0.25, 0.3) is 5.78 Å². The Kier molecular flexibility index (Phi) is 4.04. The van der Waals surface area contributed by atoms with E-state index in [2.05, 4.69) is 9.64 Å². The highest BCUT2D eigenvalue weighted by molar-refractivity contribution is 6.41. The molecule has 0 saturated carbocycles. The summed E-state index contributed by atoms with van der Waals surface area (Å²) in [7, 11) is 0. The maximum atomic E-state index is 11.9. The molecule has 1 fully saturated rings. The Morgan fingerprint density at radius 1 is 1.32 bits per heavy atom. The largest absolute Gasteiger partial charge is 0.507 e. The molecule has 102 valence electrons. The lowest BCUT2D eigenvalue weighted by Gasteiger charge is -2.18. The number of phenolic OH excluding ortho intramolecular Hbond substituents is 1. The Hall–Kier alpha value is -2.04. The van der Waals surface area contributed by atoms with E-state index in [-0.39, 0.29) is 17.9 Å². The monoisotopic (exact) mass is 263 g/mol. The van der Waals surface area contributed by atoms with E-state index in [1.54, 1.807) is 19.1 Å². The standard InChI is InChI=1S/C14H17NO4/c1-2-19-14(18)13(17)11-9-10(5-6-12(11)16)15-7-3-4-8-15/h5-6,9,16H,2-4,7-8H2,1H3. The number of Topliss-reactive ketones (excluding diaryl/α,β-unsaturated/α-hetero) is 1. The van der Waals surface area contributed by atoms with Gasteiger partial charge in [-0.1, -0.05) is 0 Å². The number of anilines is 1. The molecule has 1 aromatic carbocycles. The minimum absolute atomic E-state index is 0.00264. The fourth-order valence-electron chi connectivity index (χ4n) is 2.18. The van der Waals surface area contributed by atoms with Crippen molar-refractivity contribution in [1.29, 1.82) is 0 Å². The second-order valence-electron chi connectivity index (χ2n) is 4.45. The van der Waals surface area contributed by atoms with E-state index in [4.69, 9.17) is 0 Å². The summed E-state index contributed by atoms with van der Waals surface area (Å²) < 4.78 is 4.67. The quantitative estimate of drug-likeness (QED) is 0.509. The van der Waals surface area contributed by atoms with Gasteiger partial charge in [0.05, 0.1) is 12.2 Å². The van der Waals surface area contributed by atoms with Crippen molar-refractivity contribution in [2.45, 2.75) is 19.8 Å². The lowest BCUT2D eigenvalue weighted by Crippen LogP contribution is -2.20. The highest BCUT2D eigenvalue weighted by atomic mass is 16.5. The summed E-state index contributed by atoms with van der Waals surface area (Å²) in [4.78, 5) is 25.4. The van der Waals surface area contributed by atoms with Crippen LogP contribution in [-0.2, 0) is 9.53 Å². The number of rotatable bonds is 4. The molecule has 19 heavy (non-hydrogen) atoms. The van der Waals surface area contributed by atoms with Gasteiger partial charge < -0.3 is 14.7 Å². The Morgan fingerprint density at radius 3 is 2.63 bits per heavy atom. The van der Waals surface area contributed by atoms with Gasteiger partial charge in [-0.25, -0.2) is 4.79 Å². The Balaban J connectivity index is 2.26.